The SMILES string of the molecule is CN[C@H]1CC[C@H](NC(C)C)CC1. The van der Waals surface area contributed by atoms with Crippen molar-refractivity contribution in [3.8, 4) is 0 Å². The molecule has 0 aliphatic heterocycles. The third-order valence-electron chi connectivity index (χ3n) is 2.70. The standard InChI is InChI=1S/C10H22N2/c1-8(2)12-10-6-4-9(11-3)5-7-10/h8-12H,4-7H2,1-3H3/t9-,10-. The average Bonchev–Trinajstić information content (AvgIpc) is 2.05. The number of hydrogen-bond donors (Lipinski definition) is 2. The minimum Gasteiger partial charge on any atom is -0.317 e. The zero-order valence-electron chi connectivity index (χ0n) is 8.56. The Morgan fingerprint density at radius 3 is 1.92 bits per heavy atom. The van der Waals surface area contributed by atoms with Gasteiger partial charge in [-0.15, -0.1) is 0 Å². The molecule has 0 unspecified atom stereocenters. The summed E-state index contributed by atoms with van der Waals surface area (Å²) in [7, 11) is 2.07. The highest BCUT2D eigenvalue weighted by molar-refractivity contribution is 4.80. The first-order valence-corrected chi connectivity index (χ1v) is 5.15. The molecule has 0 amide bonds. The molecule has 12 heavy (non-hydrogen) atoms. The van der Waals surface area contributed by atoms with Crippen LogP contribution in [0.4, 0.5) is 0 Å². The Bertz CT molecular complexity index is 115. The monoisotopic (exact) mass is 170 g/mol. The molecular formula is C10H22N2. The zero-order valence-corrected chi connectivity index (χ0v) is 8.56. The molecule has 0 heterocycles. The number of hydrogen-bond acceptors (Lipinski definition) is 2. The fourth-order valence-corrected chi connectivity index (χ4v) is 2.02. The smallest absolute Gasteiger partial charge is 0.00705 e. The van der Waals surface area contributed by atoms with Crippen molar-refractivity contribution in [2.45, 2.75) is 57.7 Å². The summed E-state index contributed by atoms with van der Waals surface area (Å²) in [4.78, 5) is 0. The number of rotatable bonds is 3. The van der Waals surface area contributed by atoms with Gasteiger partial charge in [0.1, 0.15) is 0 Å². The lowest BCUT2D eigenvalue weighted by molar-refractivity contribution is 0.305. The van der Waals surface area contributed by atoms with Crippen LogP contribution in [0.5, 0.6) is 0 Å². The van der Waals surface area contributed by atoms with E-state index in [-0.39, 0.29) is 0 Å². The molecule has 0 atom stereocenters. The third-order valence-corrected chi connectivity index (χ3v) is 2.70. The molecule has 1 aliphatic carbocycles. The van der Waals surface area contributed by atoms with Gasteiger partial charge < -0.3 is 10.6 Å². The van der Waals surface area contributed by atoms with Crippen molar-refractivity contribution in [1.29, 1.82) is 0 Å². The quantitative estimate of drug-likeness (QED) is 0.671. The first-order valence-electron chi connectivity index (χ1n) is 5.15. The van der Waals surface area contributed by atoms with Gasteiger partial charge in [0.05, 0.1) is 0 Å². The minimum absolute atomic E-state index is 0.640. The van der Waals surface area contributed by atoms with Crippen LogP contribution in [-0.2, 0) is 0 Å². The first-order chi connectivity index (χ1) is 5.72. The van der Waals surface area contributed by atoms with Crippen molar-refractivity contribution in [3.05, 3.63) is 0 Å². The second-order valence-corrected chi connectivity index (χ2v) is 4.16. The van der Waals surface area contributed by atoms with Crippen LogP contribution in [0.2, 0.25) is 0 Å². The van der Waals surface area contributed by atoms with E-state index in [1.807, 2.05) is 0 Å². The average molecular weight is 170 g/mol. The van der Waals surface area contributed by atoms with Crippen molar-refractivity contribution in [2.24, 2.45) is 0 Å². The highest BCUT2D eigenvalue weighted by atomic mass is 15.0. The van der Waals surface area contributed by atoms with Crippen LogP contribution in [0.25, 0.3) is 0 Å². The van der Waals surface area contributed by atoms with Gasteiger partial charge in [-0.3, -0.25) is 0 Å². The molecule has 2 nitrogen and oxygen atoms in total. The maximum atomic E-state index is 3.60. The molecule has 1 saturated carbocycles. The summed E-state index contributed by atoms with van der Waals surface area (Å²) in [5, 5.41) is 6.95. The van der Waals surface area contributed by atoms with Gasteiger partial charge in [0.25, 0.3) is 0 Å². The maximum absolute atomic E-state index is 3.60. The molecule has 1 rings (SSSR count). The van der Waals surface area contributed by atoms with Crippen LogP contribution < -0.4 is 10.6 Å². The van der Waals surface area contributed by atoms with Crippen molar-refractivity contribution < 1.29 is 0 Å². The molecule has 1 fully saturated rings. The lowest BCUT2D eigenvalue weighted by Gasteiger charge is -2.30. The van der Waals surface area contributed by atoms with E-state index in [0.717, 1.165) is 12.1 Å². The second-order valence-electron chi connectivity index (χ2n) is 4.16. The van der Waals surface area contributed by atoms with Gasteiger partial charge in [-0.05, 0) is 32.7 Å². The van der Waals surface area contributed by atoms with E-state index in [9.17, 15) is 0 Å². The molecule has 72 valence electrons. The molecular weight excluding hydrogens is 148 g/mol. The Hall–Kier alpha value is -0.0800. The Kier molecular flexibility index (Phi) is 4.02. The molecule has 0 aromatic carbocycles. The van der Waals surface area contributed by atoms with E-state index >= 15 is 0 Å². The van der Waals surface area contributed by atoms with Crippen molar-refractivity contribution in [2.75, 3.05) is 7.05 Å². The minimum atomic E-state index is 0.640. The molecule has 0 radical (unpaired) electrons. The summed E-state index contributed by atoms with van der Waals surface area (Å²) in [5.41, 5.74) is 0. The van der Waals surface area contributed by atoms with Crippen LogP contribution in [0.1, 0.15) is 39.5 Å². The van der Waals surface area contributed by atoms with Crippen LogP contribution in [0.3, 0.4) is 0 Å². The topological polar surface area (TPSA) is 24.1 Å². The van der Waals surface area contributed by atoms with E-state index in [2.05, 4.69) is 31.5 Å². The van der Waals surface area contributed by atoms with E-state index in [1.165, 1.54) is 25.7 Å². The van der Waals surface area contributed by atoms with Gasteiger partial charge in [0.15, 0.2) is 0 Å². The molecule has 0 spiro atoms. The van der Waals surface area contributed by atoms with Crippen LogP contribution in [0, 0.1) is 0 Å². The van der Waals surface area contributed by atoms with E-state index in [0.29, 0.717) is 6.04 Å². The maximum Gasteiger partial charge on any atom is 0.00705 e. The lowest BCUT2D eigenvalue weighted by Crippen LogP contribution is -2.41. The van der Waals surface area contributed by atoms with Gasteiger partial charge in [-0.1, -0.05) is 13.8 Å². The lowest BCUT2D eigenvalue weighted by atomic mass is 9.91. The Morgan fingerprint density at radius 1 is 1.00 bits per heavy atom. The zero-order chi connectivity index (χ0) is 8.97. The Morgan fingerprint density at radius 2 is 1.50 bits per heavy atom. The predicted molar refractivity (Wildman–Crippen MR) is 53.4 cm³/mol. The summed E-state index contributed by atoms with van der Waals surface area (Å²) >= 11 is 0. The summed E-state index contributed by atoms with van der Waals surface area (Å²) in [5.74, 6) is 0. The molecule has 0 aromatic heterocycles. The molecule has 2 heteroatoms. The molecule has 1 aliphatic rings. The van der Waals surface area contributed by atoms with Gasteiger partial charge in [0, 0.05) is 18.1 Å². The van der Waals surface area contributed by atoms with E-state index in [1.54, 1.807) is 0 Å². The van der Waals surface area contributed by atoms with E-state index in [4.69, 9.17) is 0 Å². The van der Waals surface area contributed by atoms with Gasteiger partial charge >= 0.3 is 0 Å². The first kappa shape index (κ1) is 10.0. The third kappa shape index (κ3) is 3.11. The van der Waals surface area contributed by atoms with Crippen LogP contribution in [0.15, 0.2) is 0 Å². The molecule has 2 N–H and O–H groups in total. The number of nitrogens with one attached hydrogen (secondary N) is 2. The van der Waals surface area contributed by atoms with Crippen LogP contribution in [-0.4, -0.2) is 25.2 Å². The van der Waals surface area contributed by atoms with Crippen molar-refractivity contribution in [3.63, 3.8) is 0 Å². The normalized spacial score (nSPS) is 31.0. The molecule has 0 bridgehead atoms. The van der Waals surface area contributed by atoms with Crippen molar-refractivity contribution in [1.82, 2.24) is 10.6 Å². The van der Waals surface area contributed by atoms with Crippen molar-refractivity contribution >= 4 is 0 Å². The fourth-order valence-electron chi connectivity index (χ4n) is 2.02. The molecule has 0 aromatic rings. The van der Waals surface area contributed by atoms with Gasteiger partial charge in [-0.25, -0.2) is 0 Å². The summed E-state index contributed by atoms with van der Waals surface area (Å²) in [6.07, 6.45) is 5.34. The molecule has 0 saturated heterocycles. The summed E-state index contributed by atoms with van der Waals surface area (Å²) in [6.45, 7) is 4.45. The van der Waals surface area contributed by atoms with Gasteiger partial charge in [0.2, 0.25) is 0 Å². The Balaban J connectivity index is 2.17. The predicted octanol–water partition coefficient (Wildman–Crippen LogP) is 1.51. The second kappa shape index (κ2) is 4.83. The summed E-state index contributed by atoms with van der Waals surface area (Å²) < 4.78 is 0. The highest BCUT2D eigenvalue weighted by Gasteiger charge is 2.19. The van der Waals surface area contributed by atoms with E-state index < -0.39 is 0 Å². The van der Waals surface area contributed by atoms with Gasteiger partial charge in [-0.2, -0.15) is 0 Å². The Labute approximate surface area is 76.1 Å². The fraction of sp³-hybridized carbons (Fsp3) is 1.00. The highest BCUT2D eigenvalue weighted by Crippen LogP contribution is 2.18. The summed E-state index contributed by atoms with van der Waals surface area (Å²) in [6, 6.07) is 2.19. The van der Waals surface area contributed by atoms with Crippen LogP contribution >= 0.6 is 0 Å². The largest absolute Gasteiger partial charge is 0.317 e.